The summed E-state index contributed by atoms with van der Waals surface area (Å²) in [6.45, 7) is 0. The minimum absolute atomic E-state index is 0.0166. The summed E-state index contributed by atoms with van der Waals surface area (Å²) >= 11 is 0. The molecule has 1 unspecified atom stereocenters. The highest BCUT2D eigenvalue weighted by Crippen LogP contribution is 2.19. The number of anilines is 1. The second kappa shape index (κ2) is 5.55. The number of nitrogens with one attached hydrogen (secondary N) is 1. The van der Waals surface area contributed by atoms with Gasteiger partial charge in [0.1, 0.15) is 5.82 Å². The molecule has 0 aliphatic heterocycles. The molecule has 5 heteroatoms. The lowest BCUT2D eigenvalue weighted by Crippen LogP contribution is -2.20. The summed E-state index contributed by atoms with van der Waals surface area (Å²) in [6, 6.07) is 4.82. The highest BCUT2D eigenvalue weighted by Gasteiger charge is 2.13. The molecule has 2 aromatic heterocycles. The summed E-state index contributed by atoms with van der Waals surface area (Å²) < 4.78 is 12.8. The van der Waals surface area contributed by atoms with E-state index in [9.17, 15) is 4.39 Å². The summed E-state index contributed by atoms with van der Waals surface area (Å²) in [5.41, 5.74) is 8.31. The van der Waals surface area contributed by atoms with Crippen molar-refractivity contribution in [2.24, 2.45) is 0 Å². The number of halogens is 1. The second-order valence-electron chi connectivity index (χ2n) is 4.02. The molecule has 18 heavy (non-hydrogen) atoms. The zero-order chi connectivity index (χ0) is 13.0. The van der Waals surface area contributed by atoms with Crippen LogP contribution in [0.2, 0.25) is 0 Å². The largest absolute Gasteiger partial charge is 0.398 e. The van der Waals surface area contributed by atoms with Gasteiger partial charge in [-0.25, -0.2) is 4.39 Å². The van der Waals surface area contributed by atoms with Crippen LogP contribution in [0.1, 0.15) is 17.3 Å². The standard InChI is InChI=1S/C13H15FN4/c1-16-13(12-3-2-10(14)8-18-12)6-9-7-17-5-4-11(9)15/h2-5,7-8,13,16H,6H2,1H3,(H2,15,17). The van der Waals surface area contributed by atoms with Gasteiger partial charge in [0, 0.05) is 18.1 Å². The normalized spacial score (nSPS) is 12.3. The molecule has 3 N–H and O–H groups in total. The van der Waals surface area contributed by atoms with Crippen LogP contribution < -0.4 is 11.1 Å². The smallest absolute Gasteiger partial charge is 0.141 e. The Morgan fingerprint density at radius 3 is 2.78 bits per heavy atom. The van der Waals surface area contributed by atoms with E-state index in [1.165, 1.54) is 12.3 Å². The van der Waals surface area contributed by atoms with E-state index < -0.39 is 0 Å². The lowest BCUT2D eigenvalue weighted by molar-refractivity contribution is 0.565. The van der Waals surface area contributed by atoms with Crippen molar-refractivity contribution >= 4 is 5.69 Å². The molecule has 4 nitrogen and oxygen atoms in total. The van der Waals surface area contributed by atoms with Crippen LogP contribution in [-0.2, 0) is 6.42 Å². The molecule has 0 amide bonds. The van der Waals surface area contributed by atoms with Crippen LogP contribution >= 0.6 is 0 Å². The van der Waals surface area contributed by atoms with E-state index in [4.69, 9.17) is 5.73 Å². The summed E-state index contributed by atoms with van der Waals surface area (Å²) in [5.74, 6) is -0.338. The Kier molecular flexibility index (Phi) is 3.84. The first-order valence-corrected chi connectivity index (χ1v) is 5.68. The molecule has 0 aliphatic rings. The molecule has 0 spiro atoms. The maximum atomic E-state index is 12.8. The average Bonchev–Trinajstić information content (AvgIpc) is 2.39. The summed E-state index contributed by atoms with van der Waals surface area (Å²) in [7, 11) is 1.84. The van der Waals surface area contributed by atoms with Crippen molar-refractivity contribution in [3.63, 3.8) is 0 Å². The predicted molar refractivity (Wildman–Crippen MR) is 68.3 cm³/mol. The minimum atomic E-state index is -0.338. The number of likely N-dealkylation sites (N-methyl/N-ethyl adjacent to an activating group) is 1. The Morgan fingerprint density at radius 1 is 1.33 bits per heavy atom. The number of nitrogen functional groups attached to an aromatic ring is 1. The molecule has 0 fully saturated rings. The van der Waals surface area contributed by atoms with E-state index in [0.29, 0.717) is 12.1 Å². The molecule has 2 rings (SSSR count). The maximum absolute atomic E-state index is 12.8. The van der Waals surface area contributed by atoms with Crippen LogP contribution in [0.3, 0.4) is 0 Å². The Balaban J connectivity index is 2.20. The van der Waals surface area contributed by atoms with Crippen LogP contribution in [-0.4, -0.2) is 17.0 Å². The first-order valence-electron chi connectivity index (χ1n) is 5.68. The molecule has 2 aromatic rings. The van der Waals surface area contributed by atoms with E-state index in [-0.39, 0.29) is 11.9 Å². The molecule has 0 radical (unpaired) electrons. The summed E-state index contributed by atoms with van der Waals surface area (Å²) in [6.07, 6.45) is 5.27. The van der Waals surface area contributed by atoms with Gasteiger partial charge < -0.3 is 11.1 Å². The fourth-order valence-corrected chi connectivity index (χ4v) is 1.78. The summed E-state index contributed by atoms with van der Waals surface area (Å²) in [4.78, 5) is 8.13. The molecule has 0 saturated carbocycles. The SMILES string of the molecule is CNC(Cc1cnccc1N)c1ccc(F)cn1. The fraction of sp³-hybridized carbons (Fsp3) is 0.231. The quantitative estimate of drug-likeness (QED) is 0.862. The third-order valence-electron chi connectivity index (χ3n) is 2.82. The van der Waals surface area contributed by atoms with Crippen molar-refractivity contribution in [3.8, 4) is 0 Å². The zero-order valence-electron chi connectivity index (χ0n) is 10.1. The zero-order valence-corrected chi connectivity index (χ0v) is 10.1. The third kappa shape index (κ3) is 2.81. The van der Waals surface area contributed by atoms with Gasteiger partial charge in [-0.05, 0) is 37.2 Å². The number of pyridine rings is 2. The summed E-state index contributed by atoms with van der Waals surface area (Å²) in [5, 5.41) is 3.15. The molecule has 0 aromatic carbocycles. The van der Waals surface area contributed by atoms with Crippen LogP contribution in [0.5, 0.6) is 0 Å². The third-order valence-corrected chi connectivity index (χ3v) is 2.82. The van der Waals surface area contributed by atoms with Gasteiger partial charge in [-0.1, -0.05) is 0 Å². The number of hydrogen-bond acceptors (Lipinski definition) is 4. The molecule has 1 atom stereocenters. The van der Waals surface area contributed by atoms with E-state index in [0.717, 1.165) is 11.3 Å². The number of nitrogens with two attached hydrogens (primary N) is 1. The van der Waals surface area contributed by atoms with Crippen LogP contribution in [0.15, 0.2) is 36.8 Å². The molecular weight excluding hydrogens is 231 g/mol. The number of hydrogen-bond donors (Lipinski definition) is 2. The van der Waals surface area contributed by atoms with Crippen molar-refractivity contribution in [1.29, 1.82) is 0 Å². The average molecular weight is 246 g/mol. The first kappa shape index (κ1) is 12.4. The van der Waals surface area contributed by atoms with Crippen molar-refractivity contribution in [1.82, 2.24) is 15.3 Å². The lowest BCUT2D eigenvalue weighted by atomic mass is 10.0. The fourth-order valence-electron chi connectivity index (χ4n) is 1.78. The first-order chi connectivity index (χ1) is 8.70. The van der Waals surface area contributed by atoms with Crippen LogP contribution in [0.4, 0.5) is 10.1 Å². The molecule has 2 heterocycles. The highest BCUT2D eigenvalue weighted by atomic mass is 19.1. The Hall–Kier alpha value is -2.01. The number of nitrogens with zero attached hydrogens (tertiary/aromatic N) is 2. The van der Waals surface area contributed by atoms with Crippen LogP contribution in [0, 0.1) is 5.82 Å². The molecule has 0 saturated heterocycles. The van der Waals surface area contributed by atoms with Gasteiger partial charge >= 0.3 is 0 Å². The van der Waals surface area contributed by atoms with Gasteiger partial charge in [-0.2, -0.15) is 0 Å². The van der Waals surface area contributed by atoms with Gasteiger partial charge in [-0.3, -0.25) is 9.97 Å². The van der Waals surface area contributed by atoms with Gasteiger partial charge in [0.15, 0.2) is 0 Å². The van der Waals surface area contributed by atoms with E-state index in [1.54, 1.807) is 24.5 Å². The lowest BCUT2D eigenvalue weighted by Gasteiger charge is -2.16. The van der Waals surface area contributed by atoms with Gasteiger partial charge in [0.2, 0.25) is 0 Å². The van der Waals surface area contributed by atoms with E-state index in [1.807, 2.05) is 7.05 Å². The maximum Gasteiger partial charge on any atom is 0.141 e. The molecule has 0 bridgehead atoms. The topological polar surface area (TPSA) is 63.8 Å². The Morgan fingerprint density at radius 2 is 2.17 bits per heavy atom. The Labute approximate surface area is 105 Å². The monoisotopic (exact) mass is 246 g/mol. The van der Waals surface area contributed by atoms with Crippen molar-refractivity contribution < 1.29 is 4.39 Å². The minimum Gasteiger partial charge on any atom is -0.398 e. The molecule has 94 valence electrons. The van der Waals surface area contributed by atoms with Crippen molar-refractivity contribution in [2.45, 2.75) is 12.5 Å². The number of aromatic nitrogens is 2. The van der Waals surface area contributed by atoms with Crippen molar-refractivity contribution in [2.75, 3.05) is 12.8 Å². The number of rotatable bonds is 4. The van der Waals surface area contributed by atoms with Crippen molar-refractivity contribution in [3.05, 3.63) is 53.9 Å². The highest BCUT2D eigenvalue weighted by molar-refractivity contribution is 5.45. The van der Waals surface area contributed by atoms with Crippen LogP contribution in [0.25, 0.3) is 0 Å². The Bertz CT molecular complexity index is 513. The van der Waals surface area contributed by atoms with E-state index >= 15 is 0 Å². The second-order valence-corrected chi connectivity index (χ2v) is 4.02. The molecular formula is C13H15FN4. The van der Waals surface area contributed by atoms with Gasteiger partial charge in [0.25, 0.3) is 0 Å². The predicted octanol–water partition coefficient (Wildman–Crippen LogP) is 1.70. The van der Waals surface area contributed by atoms with E-state index in [2.05, 4.69) is 15.3 Å². The molecule has 0 aliphatic carbocycles. The van der Waals surface area contributed by atoms with Gasteiger partial charge in [0.05, 0.1) is 17.9 Å². The van der Waals surface area contributed by atoms with Gasteiger partial charge in [-0.15, -0.1) is 0 Å².